The molecule has 1 rings (SSSR count). The second kappa shape index (κ2) is 9.03. The smallest absolute Gasteiger partial charge is 0.326 e. The Hall–Kier alpha value is -1.10. The molecule has 5 nitrogen and oxygen atoms in total. The molecule has 0 unspecified atom stereocenters. The van der Waals surface area contributed by atoms with Gasteiger partial charge in [-0.1, -0.05) is 32.6 Å². The van der Waals surface area contributed by atoms with Crippen LogP contribution in [0, 0.1) is 5.41 Å². The number of carboxylic acids is 1. The highest BCUT2D eigenvalue weighted by atomic mass is 16.5. The van der Waals surface area contributed by atoms with E-state index in [1.54, 1.807) is 0 Å². The molecule has 1 fully saturated rings. The Kier molecular flexibility index (Phi) is 7.72. The van der Waals surface area contributed by atoms with E-state index in [4.69, 9.17) is 4.74 Å². The molecule has 0 aliphatic heterocycles. The summed E-state index contributed by atoms with van der Waals surface area (Å²) in [4.78, 5) is 23.9. The second-order valence-corrected chi connectivity index (χ2v) is 5.94. The fourth-order valence-corrected chi connectivity index (χ4v) is 3.03. The lowest BCUT2D eigenvalue weighted by molar-refractivity contribution is -0.144. The van der Waals surface area contributed by atoms with Crippen LogP contribution in [-0.2, 0) is 14.3 Å². The molecule has 1 atom stereocenters. The number of unbranched alkanes of at least 4 members (excludes halogenated alkanes) is 1. The van der Waals surface area contributed by atoms with Crippen LogP contribution in [0.5, 0.6) is 0 Å². The van der Waals surface area contributed by atoms with Gasteiger partial charge in [-0.2, -0.15) is 0 Å². The number of hydrogen-bond acceptors (Lipinski definition) is 3. The van der Waals surface area contributed by atoms with Gasteiger partial charge < -0.3 is 15.2 Å². The zero-order valence-electron chi connectivity index (χ0n) is 13.3. The number of hydrogen-bond donors (Lipinski definition) is 2. The van der Waals surface area contributed by atoms with Gasteiger partial charge in [-0.05, 0) is 32.6 Å². The number of rotatable bonds is 10. The highest BCUT2D eigenvalue weighted by molar-refractivity contribution is 5.87. The molecule has 21 heavy (non-hydrogen) atoms. The van der Waals surface area contributed by atoms with Crippen LogP contribution in [0.2, 0.25) is 0 Å². The van der Waals surface area contributed by atoms with Crippen molar-refractivity contribution in [1.29, 1.82) is 0 Å². The Bertz CT molecular complexity index is 337. The lowest BCUT2D eigenvalue weighted by atomic mass is 9.81. The first kappa shape index (κ1) is 18.0. The molecule has 5 heteroatoms. The average Bonchev–Trinajstić information content (AvgIpc) is 2.93. The molecule has 1 aliphatic rings. The predicted octanol–water partition coefficient (Wildman–Crippen LogP) is 2.73. The van der Waals surface area contributed by atoms with E-state index in [0.717, 1.165) is 38.5 Å². The number of amides is 1. The van der Waals surface area contributed by atoms with Crippen LogP contribution in [0.4, 0.5) is 0 Å². The van der Waals surface area contributed by atoms with Crippen LogP contribution in [0.1, 0.15) is 65.2 Å². The third-order valence-electron chi connectivity index (χ3n) is 4.42. The molecule has 1 saturated carbocycles. The van der Waals surface area contributed by atoms with Crippen LogP contribution >= 0.6 is 0 Å². The summed E-state index contributed by atoms with van der Waals surface area (Å²) in [6, 6.07) is -0.762. The van der Waals surface area contributed by atoms with Crippen LogP contribution in [-0.4, -0.2) is 36.2 Å². The maximum absolute atomic E-state index is 12.6. The maximum atomic E-state index is 12.6. The molecule has 0 spiro atoms. The highest BCUT2D eigenvalue weighted by Gasteiger charge is 2.41. The van der Waals surface area contributed by atoms with Crippen molar-refractivity contribution in [3.05, 3.63) is 0 Å². The van der Waals surface area contributed by atoms with Crippen molar-refractivity contribution in [2.75, 3.05) is 13.2 Å². The van der Waals surface area contributed by atoms with Crippen molar-refractivity contribution in [1.82, 2.24) is 5.32 Å². The predicted molar refractivity (Wildman–Crippen MR) is 81.1 cm³/mol. The van der Waals surface area contributed by atoms with Crippen molar-refractivity contribution in [3.8, 4) is 0 Å². The van der Waals surface area contributed by atoms with E-state index in [0.29, 0.717) is 26.1 Å². The molecule has 0 aromatic rings. The van der Waals surface area contributed by atoms with Crippen molar-refractivity contribution in [2.24, 2.45) is 5.41 Å². The Labute approximate surface area is 127 Å². The van der Waals surface area contributed by atoms with E-state index in [2.05, 4.69) is 5.32 Å². The van der Waals surface area contributed by atoms with Crippen molar-refractivity contribution in [3.63, 3.8) is 0 Å². The first-order valence-electron chi connectivity index (χ1n) is 8.17. The minimum Gasteiger partial charge on any atom is -0.480 e. The summed E-state index contributed by atoms with van der Waals surface area (Å²) < 4.78 is 5.39. The minimum atomic E-state index is -0.935. The Balaban J connectivity index is 2.64. The van der Waals surface area contributed by atoms with Crippen molar-refractivity contribution >= 4 is 11.9 Å². The van der Waals surface area contributed by atoms with E-state index < -0.39 is 17.4 Å². The summed E-state index contributed by atoms with van der Waals surface area (Å²) in [7, 11) is 0. The summed E-state index contributed by atoms with van der Waals surface area (Å²) in [6.45, 7) is 5.16. The topological polar surface area (TPSA) is 75.6 Å². The molecule has 0 heterocycles. The summed E-state index contributed by atoms with van der Waals surface area (Å²) in [5, 5.41) is 12.0. The first-order valence-corrected chi connectivity index (χ1v) is 8.17. The molecule has 2 N–H and O–H groups in total. The van der Waals surface area contributed by atoms with Gasteiger partial charge in [-0.3, -0.25) is 4.79 Å². The largest absolute Gasteiger partial charge is 0.480 e. The van der Waals surface area contributed by atoms with E-state index in [9.17, 15) is 14.7 Å². The summed E-state index contributed by atoms with van der Waals surface area (Å²) in [5.74, 6) is -1.03. The van der Waals surface area contributed by atoms with Crippen LogP contribution < -0.4 is 5.32 Å². The average molecular weight is 299 g/mol. The zero-order chi connectivity index (χ0) is 15.7. The molecule has 1 amide bonds. The van der Waals surface area contributed by atoms with Crippen LogP contribution in [0.25, 0.3) is 0 Å². The molecule has 0 aromatic carbocycles. The summed E-state index contributed by atoms with van der Waals surface area (Å²) in [6.07, 6.45) is 6.67. The molecule has 0 saturated heterocycles. The minimum absolute atomic E-state index is 0.0943. The fraction of sp³-hybridized carbons (Fsp3) is 0.875. The van der Waals surface area contributed by atoms with Crippen LogP contribution in [0.3, 0.4) is 0 Å². The zero-order valence-corrected chi connectivity index (χ0v) is 13.3. The van der Waals surface area contributed by atoms with Gasteiger partial charge in [0.05, 0.1) is 5.41 Å². The Morgan fingerprint density at radius 2 is 1.95 bits per heavy atom. The van der Waals surface area contributed by atoms with Gasteiger partial charge in [0, 0.05) is 13.2 Å². The number of ether oxygens (including phenoxy) is 1. The third-order valence-corrected chi connectivity index (χ3v) is 4.42. The molecule has 122 valence electrons. The molecule has 1 aliphatic carbocycles. The van der Waals surface area contributed by atoms with Gasteiger partial charge in [0.1, 0.15) is 6.04 Å². The van der Waals surface area contributed by atoms with E-state index in [-0.39, 0.29) is 5.91 Å². The van der Waals surface area contributed by atoms with Gasteiger partial charge in [-0.25, -0.2) is 4.79 Å². The molecule has 0 aromatic heterocycles. The Morgan fingerprint density at radius 3 is 2.48 bits per heavy atom. The molecule has 0 bridgehead atoms. The first-order chi connectivity index (χ1) is 10.1. The summed E-state index contributed by atoms with van der Waals surface area (Å²) >= 11 is 0. The highest BCUT2D eigenvalue weighted by Crippen LogP contribution is 2.41. The number of carbonyl (C=O) groups excluding carboxylic acids is 1. The number of aliphatic carboxylic acids is 1. The lowest BCUT2D eigenvalue weighted by Gasteiger charge is -2.29. The van der Waals surface area contributed by atoms with E-state index >= 15 is 0 Å². The van der Waals surface area contributed by atoms with Gasteiger partial charge in [0.15, 0.2) is 0 Å². The number of carboxylic acid groups (broad SMARTS) is 1. The molecule has 0 radical (unpaired) electrons. The lowest BCUT2D eigenvalue weighted by Crippen LogP contribution is -2.48. The quantitative estimate of drug-likeness (QED) is 0.608. The molecular formula is C16H29NO4. The van der Waals surface area contributed by atoms with Crippen molar-refractivity contribution in [2.45, 2.75) is 71.3 Å². The Morgan fingerprint density at radius 1 is 1.29 bits per heavy atom. The number of carbonyl (C=O) groups is 2. The SMILES string of the molecule is CCCC[C@H](NC(=O)C1(CCOCC)CCCC1)C(=O)O. The summed E-state index contributed by atoms with van der Waals surface area (Å²) in [5.41, 5.74) is -0.422. The van der Waals surface area contributed by atoms with Gasteiger partial charge in [-0.15, -0.1) is 0 Å². The van der Waals surface area contributed by atoms with E-state index in [1.165, 1.54) is 0 Å². The molecular weight excluding hydrogens is 270 g/mol. The van der Waals surface area contributed by atoms with E-state index in [1.807, 2.05) is 13.8 Å². The van der Waals surface area contributed by atoms with Crippen LogP contribution in [0.15, 0.2) is 0 Å². The normalized spacial score (nSPS) is 18.4. The van der Waals surface area contributed by atoms with Crippen molar-refractivity contribution < 1.29 is 19.4 Å². The van der Waals surface area contributed by atoms with Gasteiger partial charge in [0.2, 0.25) is 5.91 Å². The fourth-order valence-electron chi connectivity index (χ4n) is 3.03. The maximum Gasteiger partial charge on any atom is 0.326 e. The number of nitrogens with one attached hydrogen (secondary N) is 1. The van der Waals surface area contributed by atoms with Gasteiger partial charge >= 0.3 is 5.97 Å². The van der Waals surface area contributed by atoms with Gasteiger partial charge in [0.25, 0.3) is 0 Å². The standard InChI is InChI=1S/C16H29NO4/c1-3-5-8-13(14(18)19)17-15(20)16(9-6-7-10-16)11-12-21-4-2/h13H,3-12H2,1-2H3,(H,17,20)(H,18,19)/t13-/m0/s1. The third kappa shape index (κ3) is 5.30. The second-order valence-electron chi connectivity index (χ2n) is 5.94. The monoisotopic (exact) mass is 299 g/mol.